The lowest BCUT2D eigenvalue weighted by molar-refractivity contribution is 0.318. The van der Waals surface area contributed by atoms with Gasteiger partial charge in [-0.15, -0.1) is 0 Å². The number of hydrogen-bond acceptors (Lipinski definition) is 2. The molecule has 1 aromatic heterocycles. The third kappa shape index (κ3) is 2.37. The molecule has 1 aromatic carbocycles. The average molecular weight is 217 g/mol. The van der Waals surface area contributed by atoms with Crippen molar-refractivity contribution in [3.63, 3.8) is 0 Å². The Bertz CT molecular complexity index is 449. The van der Waals surface area contributed by atoms with Crippen molar-refractivity contribution < 1.29 is 9.84 Å². The fraction of sp³-hybridized carbons (Fsp3) is 0.231. The Morgan fingerprint density at radius 1 is 1.31 bits per heavy atom. The van der Waals surface area contributed by atoms with Crippen LogP contribution in [-0.2, 0) is 6.42 Å². The molecule has 3 heteroatoms. The second-order valence-electron chi connectivity index (χ2n) is 3.61. The van der Waals surface area contributed by atoms with Crippen LogP contribution in [-0.4, -0.2) is 16.7 Å². The summed E-state index contributed by atoms with van der Waals surface area (Å²) in [6.45, 7) is 2.45. The first-order chi connectivity index (χ1) is 7.79. The minimum atomic E-state index is 0.200. The molecule has 2 rings (SSSR count). The summed E-state index contributed by atoms with van der Waals surface area (Å²) < 4.78 is 5.27. The molecule has 16 heavy (non-hydrogen) atoms. The summed E-state index contributed by atoms with van der Waals surface area (Å²) in [7, 11) is 0. The molecule has 0 unspecified atom stereocenters. The molecule has 0 atom stereocenters. The predicted octanol–water partition coefficient (Wildman–Crippen LogP) is 2.71. The van der Waals surface area contributed by atoms with Crippen LogP contribution >= 0.6 is 0 Å². The van der Waals surface area contributed by atoms with Crippen molar-refractivity contribution in [3.05, 3.63) is 47.8 Å². The zero-order chi connectivity index (χ0) is 11.4. The maximum absolute atomic E-state index is 9.72. The molecule has 0 amide bonds. The van der Waals surface area contributed by atoms with Gasteiger partial charge in [0.15, 0.2) is 11.5 Å². The van der Waals surface area contributed by atoms with E-state index in [0.717, 1.165) is 17.7 Å². The van der Waals surface area contributed by atoms with E-state index in [1.807, 2.05) is 31.3 Å². The van der Waals surface area contributed by atoms with Gasteiger partial charge >= 0.3 is 0 Å². The van der Waals surface area contributed by atoms with Gasteiger partial charge in [0.25, 0.3) is 0 Å². The van der Waals surface area contributed by atoms with Gasteiger partial charge in [0.05, 0.1) is 6.61 Å². The molecule has 0 saturated heterocycles. The van der Waals surface area contributed by atoms with E-state index in [9.17, 15) is 5.11 Å². The largest absolute Gasteiger partial charge is 0.504 e. The Labute approximate surface area is 94.7 Å². The van der Waals surface area contributed by atoms with Crippen LogP contribution in [0.15, 0.2) is 36.5 Å². The first-order valence-electron chi connectivity index (χ1n) is 5.36. The molecular formula is C13H15NO2. The van der Waals surface area contributed by atoms with Crippen LogP contribution in [0.25, 0.3) is 0 Å². The highest BCUT2D eigenvalue weighted by atomic mass is 16.5. The third-order valence-corrected chi connectivity index (χ3v) is 2.38. The van der Waals surface area contributed by atoms with Gasteiger partial charge in [-0.3, -0.25) is 0 Å². The van der Waals surface area contributed by atoms with E-state index in [0.29, 0.717) is 12.4 Å². The molecular weight excluding hydrogens is 202 g/mol. The predicted molar refractivity (Wildman–Crippen MR) is 62.9 cm³/mol. The Hall–Kier alpha value is -1.90. The number of aromatic amines is 1. The quantitative estimate of drug-likeness (QED) is 0.827. The van der Waals surface area contributed by atoms with Gasteiger partial charge in [-0.05, 0) is 36.8 Å². The Kier molecular flexibility index (Phi) is 3.15. The summed E-state index contributed by atoms with van der Waals surface area (Å²) in [4.78, 5) is 3.13. The Balaban J connectivity index is 2.15. The Morgan fingerprint density at radius 2 is 2.19 bits per heavy atom. The van der Waals surface area contributed by atoms with E-state index in [2.05, 4.69) is 4.98 Å². The zero-order valence-corrected chi connectivity index (χ0v) is 9.23. The number of rotatable bonds is 4. The van der Waals surface area contributed by atoms with Crippen molar-refractivity contribution in [1.82, 2.24) is 4.98 Å². The molecule has 0 radical (unpaired) electrons. The lowest BCUT2D eigenvalue weighted by atomic mass is 10.1. The number of aromatic nitrogens is 1. The minimum absolute atomic E-state index is 0.200. The molecule has 1 heterocycles. The number of benzene rings is 1. The van der Waals surface area contributed by atoms with E-state index in [-0.39, 0.29) is 5.75 Å². The van der Waals surface area contributed by atoms with Crippen LogP contribution in [0, 0.1) is 0 Å². The highest BCUT2D eigenvalue weighted by Gasteiger charge is 2.04. The summed E-state index contributed by atoms with van der Waals surface area (Å²) in [5.74, 6) is 0.739. The number of H-pyrrole nitrogens is 1. The number of aromatic hydroxyl groups is 1. The molecule has 0 spiro atoms. The van der Waals surface area contributed by atoms with Crippen LogP contribution in [0.3, 0.4) is 0 Å². The van der Waals surface area contributed by atoms with Gasteiger partial charge in [0, 0.05) is 18.3 Å². The van der Waals surface area contributed by atoms with E-state index < -0.39 is 0 Å². The fourth-order valence-electron chi connectivity index (χ4n) is 1.65. The average Bonchev–Trinajstić information content (AvgIpc) is 2.75. The second-order valence-corrected chi connectivity index (χ2v) is 3.61. The van der Waals surface area contributed by atoms with Gasteiger partial charge in [0.2, 0.25) is 0 Å². The SMILES string of the molecule is CCOc1ccc(Cc2ccc[nH]2)cc1O. The highest BCUT2D eigenvalue weighted by molar-refractivity contribution is 5.42. The monoisotopic (exact) mass is 217 g/mol. The van der Waals surface area contributed by atoms with Crippen LogP contribution in [0.2, 0.25) is 0 Å². The summed E-state index contributed by atoms with van der Waals surface area (Å²) in [6.07, 6.45) is 2.68. The van der Waals surface area contributed by atoms with Gasteiger partial charge in [-0.1, -0.05) is 6.07 Å². The zero-order valence-electron chi connectivity index (χ0n) is 9.23. The Morgan fingerprint density at radius 3 is 2.81 bits per heavy atom. The first-order valence-corrected chi connectivity index (χ1v) is 5.36. The fourth-order valence-corrected chi connectivity index (χ4v) is 1.65. The van der Waals surface area contributed by atoms with Crippen LogP contribution in [0.1, 0.15) is 18.2 Å². The van der Waals surface area contributed by atoms with Crippen molar-refractivity contribution >= 4 is 0 Å². The molecule has 0 aliphatic heterocycles. The minimum Gasteiger partial charge on any atom is -0.504 e. The van der Waals surface area contributed by atoms with Crippen molar-refractivity contribution in [2.75, 3.05) is 6.61 Å². The van der Waals surface area contributed by atoms with Crippen molar-refractivity contribution in [2.24, 2.45) is 0 Å². The second kappa shape index (κ2) is 4.75. The number of nitrogens with one attached hydrogen (secondary N) is 1. The van der Waals surface area contributed by atoms with Crippen LogP contribution in [0.4, 0.5) is 0 Å². The van der Waals surface area contributed by atoms with E-state index >= 15 is 0 Å². The van der Waals surface area contributed by atoms with Gasteiger partial charge in [-0.25, -0.2) is 0 Å². The van der Waals surface area contributed by atoms with Gasteiger partial charge in [0.1, 0.15) is 0 Å². The molecule has 3 nitrogen and oxygen atoms in total. The molecule has 0 aliphatic carbocycles. The lowest BCUT2D eigenvalue weighted by Gasteiger charge is -2.07. The molecule has 0 fully saturated rings. The number of hydrogen-bond donors (Lipinski definition) is 2. The summed E-state index contributed by atoms with van der Waals surface area (Å²) in [5, 5.41) is 9.72. The maximum atomic E-state index is 9.72. The normalized spacial score (nSPS) is 10.3. The first kappa shape index (κ1) is 10.6. The number of phenolic OH excluding ortho intramolecular Hbond substituents is 1. The van der Waals surface area contributed by atoms with Crippen molar-refractivity contribution in [2.45, 2.75) is 13.3 Å². The third-order valence-electron chi connectivity index (χ3n) is 2.38. The van der Waals surface area contributed by atoms with Crippen molar-refractivity contribution in [1.29, 1.82) is 0 Å². The lowest BCUT2D eigenvalue weighted by Crippen LogP contribution is -1.93. The topological polar surface area (TPSA) is 45.2 Å². The van der Waals surface area contributed by atoms with Gasteiger partial charge < -0.3 is 14.8 Å². The molecule has 0 saturated carbocycles. The molecule has 84 valence electrons. The highest BCUT2D eigenvalue weighted by Crippen LogP contribution is 2.27. The molecule has 2 N–H and O–H groups in total. The molecule has 0 bridgehead atoms. The smallest absolute Gasteiger partial charge is 0.160 e. The molecule has 2 aromatic rings. The molecule has 0 aliphatic rings. The van der Waals surface area contributed by atoms with E-state index in [4.69, 9.17) is 4.74 Å². The van der Waals surface area contributed by atoms with E-state index in [1.165, 1.54) is 0 Å². The number of ether oxygens (including phenoxy) is 1. The van der Waals surface area contributed by atoms with Crippen molar-refractivity contribution in [3.8, 4) is 11.5 Å². The van der Waals surface area contributed by atoms with Crippen LogP contribution in [0.5, 0.6) is 11.5 Å². The summed E-state index contributed by atoms with van der Waals surface area (Å²) >= 11 is 0. The van der Waals surface area contributed by atoms with Crippen LogP contribution < -0.4 is 4.74 Å². The number of phenols is 1. The standard InChI is InChI=1S/C13H15NO2/c1-2-16-13-6-5-10(9-12(13)15)8-11-4-3-7-14-11/h3-7,9,14-15H,2,8H2,1H3. The van der Waals surface area contributed by atoms with Gasteiger partial charge in [-0.2, -0.15) is 0 Å². The summed E-state index contributed by atoms with van der Waals surface area (Å²) in [5.41, 5.74) is 2.19. The maximum Gasteiger partial charge on any atom is 0.160 e. The van der Waals surface area contributed by atoms with E-state index in [1.54, 1.807) is 12.1 Å². The summed E-state index contributed by atoms with van der Waals surface area (Å²) in [6, 6.07) is 9.49.